The number of unbranched alkanes of at least 4 members (excludes halogenated alkanes) is 33. The van der Waals surface area contributed by atoms with Gasteiger partial charge in [0.25, 0.3) is 0 Å². The predicted molar refractivity (Wildman–Crippen MR) is 253 cm³/mol. The first-order valence-corrected chi connectivity index (χ1v) is 25.9. The summed E-state index contributed by atoms with van der Waals surface area (Å²) in [5.41, 5.74) is 0. The van der Waals surface area contributed by atoms with Crippen LogP contribution in [0.4, 0.5) is 0 Å². The SMILES string of the molecule is CCCCCCCCC=CCCCCCCCC(=O)[O-].CCCCCCCCC=CCCCCCCCC(=O)[O-].CCCCCCCCC=CCCCCCCCC(=O)[O-].[Pr+3]. The fraction of sp³-hybridized carbons (Fsp3) is 0.833. The first kappa shape index (κ1) is 66.6. The molecule has 0 rings (SSSR count). The van der Waals surface area contributed by atoms with Gasteiger partial charge in [0.05, 0.1) is 0 Å². The second-order valence-electron chi connectivity index (χ2n) is 17.1. The summed E-state index contributed by atoms with van der Waals surface area (Å²) in [5, 5.41) is 30.6. The summed E-state index contributed by atoms with van der Waals surface area (Å²) in [4.78, 5) is 30.6. The summed E-state index contributed by atoms with van der Waals surface area (Å²) in [6.45, 7) is 6.77. The molecule has 0 aromatic heterocycles. The second kappa shape index (κ2) is 63.3. The Morgan fingerprint density at radius 1 is 0.262 bits per heavy atom. The Kier molecular flexibility index (Phi) is 69.1. The van der Waals surface area contributed by atoms with E-state index in [2.05, 4.69) is 57.2 Å². The van der Waals surface area contributed by atoms with Crippen LogP contribution in [0.1, 0.15) is 290 Å². The van der Waals surface area contributed by atoms with Crippen molar-refractivity contribution in [3.63, 3.8) is 0 Å². The maximum atomic E-state index is 10.2. The van der Waals surface area contributed by atoms with Crippen LogP contribution in [0.25, 0.3) is 0 Å². The summed E-state index contributed by atoms with van der Waals surface area (Å²) >= 11 is 0. The summed E-state index contributed by atoms with van der Waals surface area (Å²) in [6, 6.07) is 0. The van der Waals surface area contributed by atoms with Crippen LogP contribution >= 0.6 is 0 Å². The van der Waals surface area contributed by atoms with E-state index in [0.717, 1.165) is 57.8 Å². The van der Waals surface area contributed by atoms with E-state index in [4.69, 9.17) is 0 Å². The van der Waals surface area contributed by atoms with Gasteiger partial charge in [0.15, 0.2) is 0 Å². The number of carboxylic acid groups (broad SMARTS) is 3. The number of rotatable bonds is 45. The monoisotopic (exact) mass is 985 g/mol. The van der Waals surface area contributed by atoms with Gasteiger partial charge in [-0.1, -0.05) is 211 Å². The Morgan fingerprint density at radius 2 is 0.410 bits per heavy atom. The second-order valence-corrected chi connectivity index (χ2v) is 17.1. The third kappa shape index (κ3) is 76.7. The van der Waals surface area contributed by atoms with E-state index in [1.165, 1.54) is 193 Å². The molecule has 0 saturated carbocycles. The maximum absolute atomic E-state index is 10.2. The van der Waals surface area contributed by atoms with Gasteiger partial charge in [0.1, 0.15) is 0 Å². The first-order valence-electron chi connectivity index (χ1n) is 25.9. The molecule has 7 heteroatoms. The number of hydrogen-bond acceptors (Lipinski definition) is 6. The molecule has 0 spiro atoms. The van der Waals surface area contributed by atoms with Crippen molar-refractivity contribution in [2.75, 3.05) is 0 Å². The van der Waals surface area contributed by atoms with Crippen molar-refractivity contribution in [1.29, 1.82) is 0 Å². The number of carbonyl (C=O) groups excluding carboxylic acids is 3. The molecule has 0 aromatic carbocycles. The topological polar surface area (TPSA) is 120 Å². The van der Waals surface area contributed by atoms with E-state index in [9.17, 15) is 29.7 Å². The number of hydrogen-bond donors (Lipinski definition) is 0. The molecule has 0 saturated heterocycles. The van der Waals surface area contributed by atoms with Crippen LogP contribution in [0, 0.1) is 41.3 Å². The number of carboxylic acids is 3. The third-order valence-electron chi connectivity index (χ3n) is 10.9. The van der Waals surface area contributed by atoms with Crippen LogP contribution in [0.3, 0.4) is 0 Å². The Balaban J connectivity index is -0.000000396. The van der Waals surface area contributed by atoms with Crippen LogP contribution in [0.15, 0.2) is 36.5 Å². The van der Waals surface area contributed by atoms with Gasteiger partial charge >= 0.3 is 41.3 Å². The predicted octanol–water partition coefficient (Wildman–Crippen LogP) is 14.3. The van der Waals surface area contributed by atoms with Gasteiger partial charge < -0.3 is 29.7 Å². The van der Waals surface area contributed by atoms with E-state index >= 15 is 0 Å². The van der Waals surface area contributed by atoms with Crippen LogP contribution in [0.5, 0.6) is 0 Å². The van der Waals surface area contributed by atoms with Gasteiger partial charge in [0, 0.05) is 17.9 Å². The molecule has 0 amide bonds. The average Bonchev–Trinajstić information content (AvgIpc) is 3.22. The van der Waals surface area contributed by atoms with Crippen molar-refractivity contribution >= 4 is 17.9 Å². The number of allylic oxidation sites excluding steroid dienone is 6. The smallest absolute Gasteiger partial charge is 0.550 e. The largest absolute Gasteiger partial charge is 3.00 e. The van der Waals surface area contributed by atoms with E-state index in [0.29, 0.717) is 0 Å². The molecule has 0 fully saturated rings. The molecule has 0 unspecified atom stereocenters. The van der Waals surface area contributed by atoms with Crippen molar-refractivity contribution < 1.29 is 71.0 Å². The minimum absolute atomic E-state index is 0. The fourth-order valence-electron chi connectivity index (χ4n) is 7.02. The standard InChI is InChI=1S/3C18H34O2.Pr/c3*1-2-3-4-5-6-7-8-9-10-11-12-13-14-15-16-17-18(19)20;/h3*9-10H,2-8,11-17H2,1H3,(H,19,20);/q;;;+3/p-3. The van der Waals surface area contributed by atoms with Gasteiger partial charge in [-0.25, -0.2) is 0 Å². The Bertz CT molecular complexity index is 827. The van der Waals surface area contributed by atoms with Crippen LogP contribution in [-0.2, 0) is 14.4 Å². The number of carbonyl (C=O) groups is 3. The Hall–Kier alpha value is -1.01. The summed E-state index contributed by atoms with van der Waals surface area (Å²) in [7, 11) is 0. The van der Waals surface area contributed by atoms with E-state index < -0.39 is 17.9 Å². The molecule has 0 bridgehead atoms. The summed E-state index contributed by atoms with van der Waals surface area (Å²) < 4.78 is 0. The van der Waals surface area contributed by atoms with Crippen molar-refractivity contribution in [3.8, 4) is 0 Å². The molecule has 0 radical (unpaired) electrons. The summed E-state index contributed by atoms with van der Waals surface area (Å²) in [5.74, 6) is -2.74. The summed E-state index contributed by atoms with van der Waals surface area (Å²) in [6.07, 6.45) is 62.7. The molecule has 0 aliphatic rings. The zero-order valence-corrected chi connectivity index (χ0v) is 44.4. The van der Waals surface area contributed by atoms with Gasteiger partial charge in [-0.3, -0.25) is 0 Å². The van der Waals surface area contributed by atoms with Gasteiger partial charge in [-0.05, 0) is 116 Å². The molecule has 6 nitrogen and oxygen atoms in total. The maximum Gasteiger partial charge on any atom is 3.00 e. The first-order chi connectivity index (χ1) is 29.3. The van der Waals surface area contributed by atoms with Crippen LogP contribution in [0.2, 0.25) is 0 Å². The minimum atomic E-state index is -0.914. The molecule has 0 aliphatic heterocycles. The molecule has 0 N–H and O–H groups in total. The molecule has 0 atom stereocenters. The number of aliphatic carboxylic acids is 3. The molecular formula is C54H99O6Pr. The van der Waals surface area contributed by atoms with Gasteiger partial charge in [-0.2, -0.15) is 0 Å². The zero-order chi connectivity index (χ0) is 44.7. The van der Waals surface area contributed by atoms with Crippen molar-refractivity contribution in [2.24, 2.45) is 0 Å². The third-order valence-corrected chi connectivity index (χ3v) is 10.9. The van der Waals surface area contributed by atoms with Crippen molar-refractivity contribution in [2.45, 2.75) is 290 Å². The van der Waals surface area contributed by atoms with Crippen LogP contribution < -0.4 is 15.3 Å². The molecule has 0 aromatic rings. The van der Waals surface area contributed by atoms with E-state index in [1.54, 1.807) is 0 Å². The zero-order valence-electron chi connectivity index (χ0n) is 40.7. The molecule has 0 aliphatic carbocycles. The van der Waals surface area contributed by atoms with E-state index in [1.807, 2.05) is 0 Å². The normalized spacial score (nSPS) is 11.1. The van der Waals surface area contributed by atoms with Crippen LogP contribution in [-0.4, -0.2) is 17.9 Å². The molecule has 354 valence electrons. The van der Waals surface area contributed by atoms with Crippen molar-refractivity contribution in [3.05, 3.63) is 36.5 Å². The van der Waals surface area contributed by atoms with Gasteiger partial charge in [0.2, 0.25) is 0 Å². The van der Waals surface area contributed by atoms with Gasteiger partial charge in [-0.15, -0.1) is 0 Å². The Morgan fingerprint density at radius 3 is 0.574 bits per heavy atom. The van der Waals surface area contributed by atoms with Crippen molar-refractivity contribution in [1.82, 2.24) is 0 Å². The minimum Gasteiger partial charge on any atom is -0.550 e. The van der Waals surface area contributed by atoms with E-state index in [-0.39, 0.29) is 60.6 Å². The molecular weight excluding hydrogens is 885 g/mol. The quantitative estimate of drug-likeness (QED) is 0.0443. The molecule has 0 heterocycles. The molecule has 61 heavy (non-hydrogen) atoms. The average molecular weight is 985 g/mol. The Labute approximate surface area is 412 Å². The fourth-order valence-corrected chi connectivity index (χ4v) is 7.02.